The maximum absolute atomic E-state index is 11.3. The maximum atomic E-state index is 11.3. The molecule has 0 aliphatic heterocycles. The van der Waals surface area contributed by atoms with Crippen LogP contribution in [0, 0.1) is 0 Å². The van der Waals surface area contributed by atoms with Gasteiger partial charge in [-0.05, 0) is 24.6 Å². The van der Waals surface area contributed by atoms with Crippen molar-refractivity contribution in [2.24, 2.45) is 0 Å². The van der Waals surface area contributed by atoms with Gasteiger partial charge in [0.2, 0.25) is 5.91 Å². The van der Waals surface area contributed by atoms with Gasteiger partial charge in [0.05, 0.1) is 0 Å². The van der Waals surface area contributed by atoms with Gasteiger partial charge in [-0.1, -0.05) is 12.1 Å². The fourth-order valence-electron chi connectivity index (χ4n) is 1.29. The summed E-state index contributed by atoms with van der Waals surface area (Å²) in [7, 11) is 0. The Morgan fingerprint density at radius 2 is 1.73 bits per heavy atom. The van der Waals surface area contributed by atoms with Gasteiger partial charge < -0.3 is 10.4 Å². The van der Waals surface area contributed by atoms with E-state index in [1.807, 2.05) is 0 Å². The molecule has 0 heterocycles. The Kier molecular flexibility index (Phi) is 3.44. The van der Waals surface area contributed by atoms with E-state index >= 15 is 0 Å². The quantitative estimate of drug-likeness (QED) is 0.781. The Labute approximate surface area is 87.9 Å². The Morgan fingerprint density at radius 1 is 1.20 bits per heavy atom. The number of benzene rings is 1. The van der Waals surface area contributed by atoms with Crippen LogP contribution in [0.5, 0.6) is 5.75 Å². The van der Waals surface area contributed by atoms with Crippen molar-refractivity contribution in [2.75, 3.05) is 0 Å². The van der Waals surface area contributed by atoms with Crippen LogP contribution in [0.25, 0.3) is 0 Å². The second kappa shape index (κ2) is 4.59. The summed E-state index contributed by atoms with van der Waals surface area (Å²) >= 11 is 0. The third kappa shape index (κ3) is 3.09. The number of Topliss-reactive ketones (excluding diaryl/α,β-unsaturated/α-hetero) is 1. The summed E-state index contributed by atoms with van der Waals surface area (Å²) in [6.07, 6.45) is 0. The van der Waals surface area contributed by atoms with Crippen LogP contribution in [0.1, 0.15) is 25.5 Å². The zero-order valence-electron chi connectivity index (χ0n) is 8.65. The highest BCUT2D eigenvalue weighted by Gasteiger charge is 2.17. The zero-order valence-corrected chi connectivity index (χ0v) is 8.65. The highest BCUT2D eigenvalue weighted by Crippen LogP contribution is 2.17. The molecule has 15 heavy (non-hydrogen) atoms. The van der Waals surface area contributed by atoms with Crippen molar-refractivity contribution < 1.29 is 14.7 Å². The Balaban J connectivity index is 2.94. The molecule has 1 aromatic rings. The Morgan fingerprint density at radius 3 is 2.13 bits per heavy atom. The van der Waals surface area contributed by atoms with E-state index in [4.69, 9.17) is 5.11 Å². The van der Waals surface area contributed by atoms with Crippen LogP contribution in [0.2, 0.25) is 0 Å². The highest BCUT2D eigenvalue weighted by molar-refractivity contribution is 5.87. The molecular weight excluding hydrogens is 194 g/mol. The number of phenolic OH excluding ortho intramolecular Hbond substituents is 1. The van der Waals surface area contributed by atoms with Crippen molar-refractivity contribution >= 4 is 11.7 Å². The Hall–Kier alpha value is -1.84. The van der Waals surface area contributed by atoms with Crippen LogP contribution in [0.15, 0.2) is 24.3 Å². The van der Waals surface area contributed by atoms with Crippen LogP contribution in [-0.4, -0.2) is 16.8 Å². The fraction of sp³-hybridized carbons (Fsp3) is 0.273. The SMILES string of the molecule is CC(=O)NC(C(C)=O)c1ccc(O)cc1. The van der Waals surface area contributed by atoms with E-state index in [9.17, 15) is 9.59 Å². The summed E-state index contributed by atoms with van der Waals surface area (Å²) in [5.41, 5.74) is 0.663. The number of carbonyl (C=O) groups is 2. The largest absolute Gasteiger partial charge is 0.508 e. The summed E-state index contributed by atoms with van der Waals surface area (Å²) in [4.78, 5) is 22.2. The van der Waals surface area contributed by atoms with Gasteiger partial charge in [-0.2, -0.15) is 0 Å². The summed E-state index contributed by atoms with van der Waals surface area (Å²) in [5.74, 6) is -0.275. The minimum absolute atomic E-state index is 0.129. The highest BCUT2D eigenvalue weighted by atomic mass is 16.3. The third-order valence-corrected chi connectivity index (χ3v) is 1.98. The number of aromatic hydroxyl groups is 1. The van der Waals surface area contributed by atoms with Crippen molar-refractivity contribution in [3.63, 3.8) is 0 Å². The van der Waals surface area contributed by atoms with E-state index in [0.29, 0.717) is 5.56 Å². The number of nitrogens with one attached hydrogen (secondary N) is 1. The first-order chi connectivity index (χ1) is 7.00. The number of carbonyl (C=O) groups excluding carboxylic acids is 2. The standard InChI is InChI=1S/C11H13NO3/c1-7(13)11(12-8(2)14)9-3-5-10(15)6-4-9/h3-6,11,15H,1-2H3,(H,12,14). The number of hydrogen-bond acceptors (Lipinski definition) is 3. The molecule has 1 rings (SSSR count). The number of ketones is 1. The second-order valence-electron chi connectivity index (χ2n) is 3.34. The van der Waals surface area contributed by atoms with Gasteiger partial charge >= 0.3 is 0 Å². The molecule has 1 atom stereocenters. The van der Waals surface area contributed by atoms with Crippen molar-refractivity contribution in [1.29, 1.82) is 0 Å². The van der Waals surface area contributed by atoms with E-state index in [-0.39, 0.29) is 17.4 Å². The average Bonchev–Trinajstić information content (AvgIpc) is 2.15. The van der Waals surface area contributed by atoms with E-state index in [2.05, 4.69) is 5.32 Å². The minimum atomic E-state index is -0.636. The van der Waals surface area contributed by atoms with E-state index in [0.717, 1.165) is 0 Å². The first-order valence-electron chi connectivity index (χ1n) is 4.57. The molecule has 0 aliphatic rings. The summed E-state index contributed by atoms with van der Waals surface area (Å²) in [6.45, 7) is 2.77. The monoisotopic (exact) mass is 207 g/mol. The van der Waals surface area contributed by atoms with Crippen LogP contribution < -0.4 is 5.32 Å². The second-order valence-corrected chi connectivity index (χ2v) is 3.34. The van der Waals surface area contributed by atoms with Gasteiger partial charge in [-0.15, -0.1) is 0 Å². The van der Waals surface area contributed by atoms with E-state index < -0.39 is 6.04 Å². The summed E-state index contributed by atoms with van der Waals surface area (Å²) < 4.78 is 0. The van der Waals surface area contributed by atoms with Crippen LogP contribution in [-0.2, 0) is 9.59 Å². The molecule has 0 aliphatic carbocycles. The normalized spacial score (nSPS) is 11.9. The van der Waals surface area contributed by atoms with E-state index in [1.54, 1.807) is 12.1 Å². The van der Waals surface area contributed by atoms with Crippen molar-refractivity contribution in [3.8, 4) is 5.75 Å². The van der Waals surface area contributed by atoms with Gasteiger partial charge in [0.15, 0.2) is 5.78 Å². The summed E-state index contributed by atoms with van der Waals surface area (Å²) in [6, 6.07) is 5.54. The average molecular weight is 207 g/mol. The predicted molar refractivity (Wildman–Crippen MR) is 55.3 cm³/mol. The van der Waals surface area contributed by atoms with Gasteiger partial charge in [-0.3, -0.25) is 9.59 Å². The molecule has 1 aromatic carbocycles. The maximum Gasteiger partial charge on any atom is 0.217 e. The molecule has 1 unspecified atom stereocenters. The van der Waals surface area contributed by atoms with Gasteiger partial charge in [-0.25, -0.2) is 0 Å². The van der Waals surface area contributed by atoms with Crippen molar-refractivity contribution in [1.82, 2.24) is 5.32 Å². The number of amides is 1. The predicted octanol–water partition coefficient (Wildman–Crippen LogP) is 1.16. The molecule has 80 valence electrons. The zero-order chi connectivity index (χ0) is 11.4. The van der Waals surface area contributed by atoms with Crippen molar-refractivity contribution in [3.05, 3.63) is 29.8 Å². The van der Waals surface area contributed by atoms with E-state index in [1.165, 1.54) is 26.0 Å². The molecule has 0 radical (unpaired) electrons. The molecular formula is C11H13NO3. The number of phenols is 1. The lowest BCUT2D eigenvalue weighted by Gasteiger charge is -2.14. The third-order valence-electron chi connectivity index (χ3n) is 1.98. The molecule has 0 fully saturated rings. The van der Waals surface area contributed by atoms with Crippen LogP contribution in [0.4, 0.5) is 0 Å². The van der Waals surface area contributed by atoms with Gasteiger partial charge in [0.1, 0.15) is 11.8 Å². The molecule has 4 nitrogen and oxygen atoms in total. The molecule has 0 saturated heterocycles. The van der Waals surface area contributed by atoms with Gasteiger partial charge in [0, 0.05) is 6.92 Å². The van der Waals surface area contributed by atoms with Crippen LogP contribution in [0.3, 0.4) is 0 Å². The lowest BCUT2D eigenvalue weighted by Crippen LogP contribution is -2.30. The van der Waals surface area contributed by atoms with Crippen molar-refractivity contribution in [2.45, 2.75) is 19.9 Å². The minimum Gasteiger partial charge on any atom is -0.508 e. The topological polar surface area (TPSA) is 66.4 Å². The summed E-state index contributed by atoms with van der Waals surface area (Å²) in [5, 5.41) is 11.6. The molecule has 1 amide bonds. The fourth-order valence-corrected chi connectivity index (χ4v) is 1.29. The lowest BCUT2D eigenvalue weighted by molar-refractivity contribution is -0.125. The molecule has 4 heteroatoms. The van der Waals surface area contributed by atoms with Crippen LogP contribution >= 0.6 is 0 Å². The molecule has 0 spiro atoms. The smallest absolute Gasteiger partial charge is 0.217 e. The first-order valence-corrected chi connectivity index (χ1v) is 4.57. The molecule has 0 aromatic heterocycles. The molecule has 0 bridgehead atoms. The molecule has 0 saturated carbocycles. The number of hydrogen-bond donors (Lipinski definition) is 2. The Bertz CT molecular complexity index is 370. The lowest BCUT2D eigenvalue weighted by atomic mass is 10.0. The molecule has 2 N–H and O–H groups in total. The van der Waals surface area contributed by atoms with Gasteiger partial charge in [0.25, 0.3) is 0 Å². The number of rotatable bonds is 3. The first kappa shape index (κ1) is 11.2.